The van der Waals surface area contributed by atoms with Crippen molar-refractivity contribution in [1.29, 1.82) is 0 Å². The molecule has 0 aliphatic carbocycles. The Morgan fingerprint density at radius 2 is 1.89 bits per heavy atom. The molecular formula is C15H24BrNO2. The second kappa shape index (κ2) is 8.56. The van der Waals surface area contributed by atoms with Crippen molar-refractivity contribution in [3.8, 4) is 5.75 Å². The maximum absolute atomic E-state index is 5.92. The van der Waals surface area contributed by atoms with Gasteiger partial charge in [0.1, 0.15) is 12.4 Å². The van der Waals surface area contributed by atoms with Crippen LogP contribution in [0.3, 0.4) is 0 Å². The molecule has 2 N–H and O–H groups in total. The Morgan fingerprint density at radius 1 is 1.16 bits per heavy atom. The Hall–Kier alpha value is -0.580. The van der Waals surface area contributed by atoms with Crippen LogP contribution in [0.25, 0.3) is 0 Å². The highest BCUT2D eigenvalue weighted by molar-refractivity contribution is 9.10. The third-order valence-corrected chi connectivity index (χ3v) is 3.28. The lowest BCUT2D eigenvalue weighted by Gasteiger charge is -2.14. The Balaban J connectivity index is 2.38. The molecule has 1 aromatic rings. The molecule has 0 saturated heterocycles. The van der Waals surface area contributed by atoms with Gasteiger partial charge in [-0.05, 0) is 31.4 Å². The minimum absolute atomic E-state index is 0.0371. The van der Waals surface area contributed by atoms with E-state index in [4.69, 9.17) is 15.2 Å². The number of hydrogen-bond acceptors (Lipinski definition) is 3. The number of ether oxygens (including phenoxy) is 2. The van der Waals surface area contributed by atoms with Gasteiger partial charge in [0.25, 0.3) is 0 Å². The first-order chi connectivity index (χ1) is 9.00. The number of nitrogens with two attached hydrogens (primary N) is 1. The van der Waals surface area contributed by atoms with E-state index in [1.54, 1.807) is 0 Å². The zero-order valence-corrected chi connectivity index (χ0v) is 13.6. The molecule has 0 radical (unpaired) electrons. The summed E-state index contributed by atoms with van der Waals surface area (Å²) in [5.74, 6) is 1.51. The normalized spacial score (nSPS) is 12.7. The van der Waals surface area contributed by atoms with Gasteiger partial charge in [-0.15, -0.1) is 0 Å². The van der Waals surface area contributed by atoms with Crippen molar-refractivity contribution < 1.29 is 9.47 Å². The van der Waals surface area contributed by atoms with Gasteiger partial charge in [0.2, 0.25) is 0 Å². The predicted octanol–water partition coefficient (Wildman–Crippen LogP) is 3.91. The first-order valence-corrected chi connectivity index (χ1v) is 7.55. The fraction of sp³-hybridized carbons (Fsp3) is 0.600. The van der Waals surface area contributed by atoms with Crippen LogP contribution in [-0.2, 0) is 4.74 Å². The maximum atomic E-state index is 5.92. The van der Waals surface area contributed by atoms with Gasteiger partial charge in [0, 0.05) is 22.7 Å². The molecule has 0 bridgehead atoms. The largest absolute Gasteiger partial charge is 0.491 e. The van der Waals surface area contributed by atoms with Crippen LogP contribution in [0.15, 0.2) is 22.7 Å². The van der Waals surface area contributed by atoms with Crippen LogP contribution in [0.5, 0.6) is 5.75 Å². The molecule has 0 unspecified atom stereocenters. The van der Waals surface area contributed by atoms with Crippen LogP contribution in [0, 0.1) is 5.92 Å². The molecular weight excluding hydrogens is 306 g/mol. The molecule has 1 atom stereocenters. The minimum Gasteiger partial charge on any atom is -0.491 e. The zero-order chi connectivity index (χ0) is 14.3. The third kappa shape index (κ3) is 6.41. The van der Waals surface area contributed by atoms with Crippen LogP contribution >= 0.6 is 15.9 Å². The topological polar surface area (TPSA) is 44.5 Å². The first-order valence-electron chi connectivity index (χ1n) is 6.76. The van der Waals surface area contributed by atoms with Crippen LogP contribution < -0.4 is 10.5 Å². The number of halogens is 1. The monoisotopic (exact) mass is 329 g/mol. The van der Waals surface area contributed by atoms with Gasteiger partial charge < -0.3 is 15.2 Å². The molecule has 0 spiro atoms. The van der Waals surface area contributed by atoms with Gasteiger partial charge in [-0.2, -0.15) is 0 Å². The van der Waals surface area contributed by atoms with Crippen molar-refractivity contribution in [3.05, 3.63) is 28.2 Å². The summed E-state index contributed by atoms with van der Waals surface area (Å²) >= 11 is 3.44. The Labute approximate surface area is 124 Å². The van der Waals surface area contributed by atoms with Gasteiger partial charge >= 0.3 is 0 Å². The smallest absolute Gasteiger partial charge is 0.125 e. The molecule has 0 saturated carbocycles. The molecule has 3 nitrogen and oxygen atoms in total. The van der Waals surface area contributed by atoms with Gasteiger partial charge in [0.05, 0.1) is 6.61 Å². The molecule has 4 heteroatoms. The average molecular weight is 330 g/mol. The van der Waals surface area contributed by atoms with E-state index in [0.29, 0.717) is 19.1 Å². The molecule has 1 aromatic carbocycles. The molecule has 0 aliphatic rings. The second-order valence-corrected chi connectivity index (χ2v) is 6.03. The van der Waals surface area contributed by atoms with E-state index in [1.807, 2.05) is 25.1 Å². The molecule has 0 aromatic heterocycles. The highest BCUT2D eigenvalue weighted by atomic mass is 79.9. The fourth-order valence-corrected chi connectivity index (χ4v) is 1.98. The number of rotatable bonds is 8. The van der Waals surface area contributed by atoms with Gasteiger partial charge in [0.15, 0.2) is 0 Å². The lowest BCUT2D eigenvalue weighted by molar-refractivity contribution is 0.0921. The van der Waals surface area contributed by atoms with E-state index in [-0.39, 0.29) is 6.04 Å². The summed E-state index contributed by atoms with van der Waals surface area (Å²) in [5.41, 5.74) is 6.94. The van der Waals surface area contributed by atoms with E-state index in [2.05, 4.69) is 29.8 Å². The standard InChI is InChI=1S/C15H24BrNO2/c1-11(2)6-7-18-8-9-19-15-10-13(16)4-5-14(15)12(3)17/h4-5,10-12H,6-9,17H2,1-3H3/t12-/m1/s1. The van der Waals surface area contributed by atoms with Gasteiger partial charge in [-0.3, -0.25) is 0 Å². The molecule has 108 valence electrons. The molecule has 19 heavy (non-hydrogen) atoms. The lowest BCUT2D eigenvalue weighted by Crippen LogP contribution is -2.12. The molecule has 0 heterocycles. The predicted molar refractivity (Wildman–Crippen MR) is 82.5 cm³/mol. The number of benzene rings is 1. The van der Waals surface area contributed by atoms with Crippen LogP contribution in [0.4, 0.5) is 0 Å². The molecule has 0 fully saturated rings. The van der Waals surface area contributed by atoms with Gasteiger partial charge in [-0.25, -0.2) is 0 Å². The highest BCUT2D eigenvalue weighted by Crippen LogP contribution is 2.27. The summed E-state index contributed by atoms with van der Waals surface area (Å²) < 4.78 is 12.3. The summed E-state index contributed by atoms with van der Waals surface area (Å²) in [7, 11) is 0. The Kier molecular flexibility index (Phi) is 7.42. The van der Waals surface area contributed by atoms with E-state index in [1.165, 1.54) is 0 Å². The molecule has 0 aliphatic heterocycles. The van der Waals surface area contributed by atoms with E-state index in [9.17, 15) is 0 Å². The summed E-state index contributed by atoms with van der Waals surface area (Å²) in [6, 6.07) is 5.88. The van der Waals surface area contributed by atoms with Crippen molar-refractivity contribution in [2.45, 2.75) is 33.2 Å². The first kappa shape index (κ1) is 16.5. The summed E-state index contributed by atoms with van der Waals surface area (Å²) in [6.45, 7) is 8.29. The summed E-state index contributed by atoms with van der Waals surface area (Å²) in [4.78, 5) is 0. The van der Waals surface area contributed by atoms with Crippen molar-refractivity contribution in [2.75, 3.05) is 19.8 Å². The lowest BCUT2D eigenvalue weighted by atomic mass is 10.1. The quantitative estimate of drug-likeness (QED) is 0.735. The molecule has 1 rings (SSSR count). The SMILES string of the molecule is CC(C)CCOCCOc1cc(Br)ccc1[C@@H](C)N. The molecule has 0 amide bonds. The van der Waals surface area contributed by atoms with Crippen LogP contribution in [0.2, 0.25) is 0 Å². The Morgan fingerprint density at radius 3 is 2.53 bits per heavy atom. The number of hydrogen-bond donors (Lipinski definition) is 1. The second-order valence-electron chi connectivity index (χ2n) is 5.11. The highest BCUT2D eigenvalue weighted by Gasteiger charge is 2.08. The average Bonchev–Trinajstić information content (AvgIpc) is 2.33. The van der Waals surface area contributed by atoms with Gasteiger partial charge in [-0.1, -0.05) is 35.8 Å². The zero-order valence-electron chi connectivity index (χ0n) is 12.0. The third-order valence-electron chi connectivity index (χ3n) is 2.79. The van der Waals surface area contributed by atoms with Crippen molar-refractivity contribution in [2.24, 2.45) is 11.7 Å². The van der Waals surface area contributed by atoms with Crippen molar-refractivity contribution in [3.63, 3.8) is 0 Å². The summed E-state index contributed by atoms with van der Waals surface area (Å²) in [5, 5.41) is 0. The van der Waals surface area contributed by atoms with Crippen LogP contribution in [0.1, 0.15) is 38.8 Å². The minimum atomic E-state index is -0.0371. The maximum Gasteiger partial charge on any atom is 0.125 e. The summed E-state index contributed by atoms with van der Waals surface area (Å²) in [6.07, 6.45) is 1.09. The van der Waals surface area contributed by atoms with Crippen molar-refractivity contribution in [1.82, 2.24) is 0 Å². The van der Waals surface area contributed by atoms with Crippen LogP contribution in [-0.4, -0.2) is 19.8 Å². The van der Waals surface area contributed by atoms with E-state index < -0.39 is 0 Å². The Bertz CT molecular complexity index is 380. The van der Waals surface area contributed by atoms with E-state index in [0.717, 1.165) is 28.8 Å². The van der Waals surface area contributed by atoms with E-state index >= 15 is 0 Å². The fourth-order valence-electron chi connectivity index (χ4n) is 1.64. The van der Waals surface area contributed by atoms with Crippen molar-refractivity contribution >= 4 is 15.9 Å².